The van der Waals surface area contributed by atoms with Gasteiger partial charge in [-0.3, -0.25) is 0 Å². The fourth-order valence-corrected chi connectivity index (χ4v) is 1.70. The average Bonchev–Trinajstić information content (AvgIpc) is 2.90. The van der Waals surface area contributed by atoms with E-state index in [1.165, 1.54) is 13.2 Å². The van der Waals surface area contributed by atoms with Crippen molar-refractivity contribution in [1.29, 1.82) is 0 Å². The third-order valence-corrected chi connectivity index (χ3v) is 2.83. The third-order valence-electron chi connectivity index (χ3n) is 2.83. The van der Waals surface area contributed by atoms with Crippen LogP contribution in [0.1, 0.15) is 24.3 Å². The second-order valence-corrected chi connectivity index (χ2v) is 4.08. The lowest BCUT2D eigenvalue weighted by Gasteiger charge is -2.12. The Labute approximate surface area is 106 Å². The lowest BCUT2D eigenvalue weighted by molar-refractivity contribution is 0.408. The van der Waals surface area contributed by atoms with Crippen LogP contribution in [0.4, 0.5) is 4.39 Å². The molecule has 96 valence electrons. The van der Waals surface area contributed by atoms with Gasteiger partial charge in [-0.15, -0.1) is 0 Å². The highest BCUT2D eigenvalue weighted by molar-refractivity contribution is 5.28. The fraction of sp³-hybridized carbons (Fsp3) is 0.286. The molecule has 0 spiro atoms. The summed E-state index contributed by atoms with van der Waals surface area (Å²) in [6, 6.07) is 8.62. The van der Waals surface area contributed by atoms with Crippen LogP contribution < -0.4 is 10.1 Å². The summed E-state index contributed by atoms with van der Waals surface area (Å²) in [5.74, 6) is 1.09. The highest BCUT2D eigenvalue weighted by Gasteiger charge is 2.09. The van der Waals surface area contributed by atoms with Gasteiger partial charge in [-0.1, -0.05) is 6.07 Å². The lowest BCUT2D eigenvalue weighted by atomic mass is 10.2. The van der Waals surface area contributed by atoms with Crippen molar-refractivity contribution in [2.75, 3.05) is 7.11 Å². The van der Waals surface area contributed by atoms with Gasteiger partial charge in [0.2, 0.25) is 0 Å². The van der Waals surface area contributed by atoms with E-state index in [1.54, 1.807) is 18.4 Å². The zero-order valence-electron chi connectivity index (χ0n) is 10.4. The van der Waals surface area contributed by atoms with E-state index < -0.39 is 0 Å². The Bertz CT molecular complexity index is 497. The van der Waals surface area contributed by atoms with Gasteiger partial charge in [0.15, 0.2) is 0 Å². The Hall–Kier alpha value is -1.81. The van der Waals surface area contributed by atoms with E-state index in [2.05, 4.69) is 5.32 Å². The lowest BCUT2D eigenvalue weighted by Crippen LogP contribution is -2.18. The van der Waals surface area contributed by atoms with Crippen LogP contribution in [0.25, 0.3) is 0 Å². The first-order valence-corrected chi connectivity index (χ1v) is 5.80. The van der Waals surface area contributed by atoms with Crippen LogP contribution in [0.15, 0.2) is 41.0 Å². The van der Waals surface area contributed by atoms with Crippen molar-refractivity contribution in [2.45, 2.75) is 19.5 Å². The molecule has 0 aliphatic rings. The molecule has 0 radical (unpaired) electrons. The summed E-state index contributed by atoms with van der Waals surface area (Å²) in [6.45, 7) is 2.41. The number of nitrogens with one attached hydrogen (secondary N) is 1. The van der Waals surface area contributed by atoms with Crippen LogP contribution in [0.3, 0.4) is 0 Å². The molecule has 0 aliphatic heterocycles. The number of hydrogen-bond acceptors (Lipinski definition) is 3. The molecule has 0 aliphatic carbocycles. The van der Waals surface area contributed by atoms with Crippen LogP contribution in [-0.2, 0) is 6.54 Å². The number of halogens is 1. The zero-order chi connectivity index (χ0) is 13.0. The minimum Gasteiger partial charge on any atom is -0.497 e. The Morgan fingerprint density at radius 1 is 1.39 bits per heavy atom. The molecular formula is C14H16FNO2. The van der Waals surface area contributed by atoms with Gasteiger partial charge in [-0.25, -0.2) is 4.39 Å². The molecule has 1 N–H and O–H groups in total. The number of benzene rings is 1. The average molecular weight is 249 g/mol. The van der Waals surface area contributed by atoms with Crippen LogP contribution in [0, 0.1) is 5.82 Å². The third kappa shape index (κ3) is 2.90. The first-order chi connectivity index (χ1) is 8.70. The molecule has 0 amide bonds. The second kappa shape index (κ2) is 5.69. The molecule has 0 saturated heterocycles. The molecule has 0 fully saturated rings. The van der Waals surface area contributed by atoms with Gasteiger partial charge in [0, 0.05) is 18.2 Å². The minimum atomic E-state index is -0.270. The molecule has 1 aromatic heterocycles. The predicted molar refractivity (Wildman–Crippen MR) is 66.9 cm³/mol. The standard InChI is InChI=1S/C14H16FNO2/c1-10(14-4-3-7-18-14)16-9-11-5-6-12(17-2)8-13(11)15/h3-8,10,16H,9H2,1-2H3/t10-/m1/s1. The topological polar surface area (TPSA) is 34.4 Å². The van der Waals surface area contributed by atoms with Crippen LogP contribution in [-0.4, -0.2) is 7.11 Å². The van der Waals surface area contributed by atoms with Crippen molar-refractivity contribution in [2.24, 2.45) is 0 Å². The van der Waals surface area contributed by atoms with E-state index in [9.17, 15) is 4.39 Å². The molecule has 0 saturated carbocycles. The SMILES string of the molecule is COc1ccc(CN[C@H](C)c2ccco2)c(F)c1. The first kappa shape index (κ1) is 12.6. The monoisotopic (exact) mass is 249 g/mol. The minimum absolute atomic E-state index is 0.0431. The predicted octanol–water partition coefficient (Wildman–Crippen LogP) is 3.28. The highest BCUT2D eigenvalue weighted by Crippen LogP contribution is 2.18. The van der Waals surface area contributed by atoms with Gasteiger partial charge >= 0.3 is 0 Å². The van der Waals surface area contributed by atoms with Crippen molar-refractivity contribution in [1.82, 2.24) is 5.32 Å². The van der Waals surface area contributed by atoms with Crippen molar-refractivity contribution in [3.8, 4) is 5.75 Å². The Kier molecular flexibility index (Phi) is 3.99. The highest BCUT2D eigenvalue weighted by atomic mass is 19.1. The summed E-state index contributed by atoms with van der Waals surface area (Å²) in [4.78, 5) is 0. The van der Waals surface area contributed by atoms with Crippen molar-refractivity contribution in [3.63, 3.8) is 0 Å². The molecule has 18 heavy (non-hydrogen) atoms. The van der Waals surface area contributed by atoms with E-state index in [-0.39, 0.29) is 11.9 Å². The normalized spacial score (nSPS) is 12.4. The summed E-state index contributed by atoms with van der Waals surface area (Å²) in [5.41, 5.74) is 0.606. The van der Waals surface area contributed by atoms with Gasteiger partial charge in [0.25, 0.3) is 0 Å². The van der Waals surface area contributed by atoms with Gasteiger partial charge in [-0.05, 0) is 25.1 Å². The van der Waals surface area contributed by atoms with E-state index in [0.717, 1.165) is 5.76 Å². The summed E-state index contributed by atoms with van der Waals surface area (Å²) < 4.78 is 23.9. The molecule has 0 unspecified atom stereocenters. The molecule has 1 heterocycles. The summed E-state index contributed by atoms with van der Waals surface area (Å²) in [5, 5.41) is 3.21. The Balaban J connectivity index is 1.98. The van der Waals surface area contributed by atoms with Gasteiger partial charge in [0.1, 0.15) is 17.3 Å². The maximum absolute atomic E-state index is 13.7. The second-order valence-electron chi connectivity index (χ2n) is 4.08. The number of furan rings is 1. The summed E-state index contributed by atoms with van der Waals surface area (Å²) >= 11 is 0. The quantitative estimate of drug-likeness (QED) is 0.883. The smallest absolute Gasteiger partial charge is 0.131 e. The van der Waals surface area contributed by atoms with Gasteiger partial charge in [-0.2, -0.15) is 0 Å². The van der Waals surface area contributed by atoms with Crippen LogP contribution >= 0.6 is 0 Å². The van der Waals surface area contributed by atoms with Crippen molar-refractivity contribution in [3.05, 3.63) is 53.7 Å². The number of hydrogen-bond donors (Lipinski definition) is 1. The number of ether oxygens (including phenoxy) is 1. The summed E-state index contributed by atoms with van der Waals surface area (Å²) in [7, 11) is 1.52. The Morgan fingerprint density at radius 3 is 2.83 bits per heavy atom. The van der Waals surface area contributed by atoms with E-state index >= 15 is 0 Å². The first-order valence-electron chi connectivity index (χ1n) is 5.80. The molecule has 2 aromatic rings. The zero-order valence-corrected chi connectivity index (χ0v) is 10.4. The molecule has 0 bridgehead atoms. The molecule has 3 nitrogen and oxygen atoms in total. The number of methoxy groups -OCH3 is 1. The van der Waals surface area contributed by atoms with E-state index in [1.807, 2.05) is 19.1 Å². The van der Waals surface area contributed by atoms with Gasteiger partial charge in [0.05, 0.1) is 19.4 Å². The van der Waals surface area contributed by atoms with E-state index in [4.69, 9.17) is 9.15 Å². The molecular weight excluding hydrogens is 233 g/mol. The van der Waals surface area contributed by atoms with Gasteiger partial charge < -0.3 is 14.5 Å². The van der Waals surface area contributed by atoms with Crippen LogP contribution in [0.5, 0.6) is 5.75 Å². The van der Waals surface area contributed by atoms with Crippen molar-refractivity contribution < 1.29 is 13.5 Å². The molecule has 4 heteroatoms. The molecule has 2 rings (SSSR count). The van der Waals surface area contributed by atoms with E-state index in [0.29, 0.717) is 17.9 Å². The Morgan fingerprint density at radius 2 is 2.22 bits per heavy atom. The van der Waals surface area contributed by atoms with Crippen LogP contribution in [0.2, 0.25) is 0 Å². The maximum atomic E-state index is 13.7. The molecule has 1 atom stereocenters. The largest absolute Gasteiger partial charge is 0.497 e. The van der Waals surface area contributed by atoms with Crippen molar-refractivity contribution >= 4 is 0 Å². The summed E-state index contributed by atoms with van der Waals surface area (Å²) in [6.07, 6.45) is 1.63. The molecule has 1 aromatic carbocycles. The fourth-order valence-electron chi connectivity index (χ4n) is 1.70. The number of rotatable bonds is 5. The maximum Gasteiger partial charge on any atom is 0.131 e.